The molecular weight excluding hydrogens is 262 g/mol. The van der Waals surface area contributed by atoms with Gasteiger partial charge in [0.25, 0.3) is 0 Å². The highest BCUT2D eigenvalue weighted by molar-refractivity contribution is 7.89. The Hall–Kier alpha value is -1.27. The number of nitrogens with one attached hydrogen (secondary N) is 2. The van der Waals surface area contributed by atoms with E-state index in [0.717, 1.165) is 18.5 Å². The molecule has 0 spiro atoms. The van der Waals surface area contributed by atoms with E-state index in [9.17, 15) is 8.42 Å². The van der Waals surface area contributed by atoms with Crippen LogP contribution in [0.5, 0.6) is 0 Å². The lowest BCUT2D eigenvalue weighted by molar-refractivity contribution is 0.478. The number of hydrogen-bond donors (Lipinski definition) is 3. The minimum absolute atomic E-state index is 0.0180. The smallest absolute Gasteiger partial charge is 0.242 e. The van der Waals surface area contributed by atoms with Gasteiger partial charge in [-0.3, -0.25) is 0 Å². The molecule has 0 saturated heterocycles. The Morgan fingerprint density at radius 2 is 1.84 bits per heavy atom. The molecular formula is C13H23N3O2S. The zero-order valence-corrected chi connectivity index (χ0v) is 12.8. The molecule has 0 fully saturated rings. The second kappa shape index (κ2) is 5.79. The molecule has 0 amide bonds. The first-order valence-electron chi connectivity index (χ1n) is 6.39. The minimum atomic E-state index is -3.50. The Morgan fingerprint density at radius 3 is 2.26 bits per heavy atom. The average Bonchev–Trinajstić information content (AvgIpc) is 2.38. The van der Waals surface area contributed by atoms with Crippen molar-refractivity contribution in [1.29, 1.82) is 0 Å². The van der Waals surface area contributed by atoms with Crippen LogP contribution < -0.4 is 15.8 Å². The van der Waals surface area contributed by atoms with E-state index in [2.05, 4.69) is 30.8 Å². The molecule has 19 heavy (non-hydrogen) atoms. The van der Waals surface area contributed by atoms with E-state index in [1.165, 1.54) is 13.1 Å². The Bertz CT molecular complexity index is 537. The fraction of sp³-hybridized carbons (Fsp3) is 0.538. The lowest BCUT2D eigenvalue weighted by Gasteiger charge is -2.29. The topological polar surface area (TPSA) is 84.2 Å². The van der Waals surface area contributed by atoms with Crippen LogP contribution in [0.4, 0.5) is 11.4 Å². The van der Waals surface area contributed by atoms with Crippen molar-refractivity contribution >= 4 is 21.4 Å². The summed E-state index contributed by atoms with van der Waals surface area (Å²) in [5.74, 6) is 0. The van der Waals surface area contributed by atoms with Gasteiger partial charge in [-0.1, -0.05) is 13.8 Å². The van der Waals surface area contributed by atoms with Crippen molar-refractivity contribution in [2.75, 3.05) is 18.1 Å². The van der Waals surface area contributed by atoms with Crippen molar-refractivity contribution < 1.29 is 8.42 Å². The molecule has 0 heterocycles. The third-order valence-corrected chi connectivity index (χ3v) is 5.06. The summed E-state index contributed by atoms with van der Waals surface area (Å²) in [5, 5.41) is 3.40. The molecule has 0 radical (unpaired) electrons. The SMILES string of the molecule is CCC(C)(CC)Nc1ccc(S(=O)(=O)NC)c(N)c1. The van der Waals surface area contributed by atoms with Crippen LogP contribution >= 0.6 is 0 Å². The number of benzene rings is 1. The standard InChI is InChI=1S/C13H23N3O2S/c1-5-13(3,6-2)16-10-7-8-12(11(14)9-10)19(17,18)15-4/h7-9,15-16H,5-6,14H2,1-4H3. The number of sulfonamides is 1. The maximum atomic E-state index is 11.7. The predicted octanol–water partition coefficient (Wildman–Crippen LogP) is 2.17. The summed E-state index contributed by atoms with van der Waals surface area (Å²) < 4.78 is 25.7. The van der Waals surface area contributed by atoms with Gasteiger partial charge in [0.15, 0.2) is 0 Å². The van der Waals surface area contributed by atoms with E-state index in [1.807, 2.05) is 0 Å². The van der Waals surface area contributed by atoms with Gasteiger partial charge in [-0.2, -0.15) is 0 Å². The monoisotopic (exact) mass is 285 g/mol. The van der Waals surface area contributed by atoms with Gasteiger partial charge in [0.1, 0.15) is 4.90 Å². The molecule has 1 rings (SSSR count). The largest absolute Gasteiger partial charge is 0.398 e. The molecule has 0 saturated carbocycles. The average molecular weight is 285 g/mol. The first-order chi connectivity index (χ1) is 8.78. The number of hydrogen-bond acceptors (Lipinski definition) is 4. The van der Waals surface area contributed by atoms with Crippen molar-refractivity contribution in [2.24, 2.45) is 0 Å². The van der Waals surface area contributed by atoms with E-state index in [1.54, 1.807) is 12.1 Å². The summed E-state index contributed by atoms with van der Waals surface area (Å²) in [7, 11) is -2.14. The third-order valence-electron chi connectivity index (χ3n) is 3.57. The van der Waals surface area contributed by atoms with Crippen molar-refractivity contribution in [3.8, 4) is 0 Å². The maximum Gasteiger partial charge on any atom is 0.242 e. The lowest BCUT2D eigenvalue weighted by atomic mass is 9.95. The third kappa shape index (κ3) is 3.61. The van der Waals surface area contributed by atoms with Gasteiger partial charge in [0.05, 0.1) is 5.69 Å². The number of nitrogens with two attached hydrogens (primary N) is 1. The molecule has 108 valence electrons. The Balaban J connectivity index is 3.08. The number of anilines is 2. The predicted molar refractivity (Wildman–Crippen MR) is 79.7 cm³/mol. The first kappa shape index (κ1) is 15.8. The number of rotatable bonds is 6. The van der Waals surface area contributed by atoms with Crippen LogP contribution in [0.1, 0.15) is 33.6 Å². The summed E-state index contributed by atoms with van der Waals surface area (Å²) in [4.78, 5) is 0.107. The van der Waals surface area contributed by atoms with Crippen molar-refractivity contribution in [1.82, 2.24) is 4.72 Å². The van der Waals surface area contributed by atoms with Crippen molar-refractivity contribution in [2.45, 2.75) is 44.0 Å². The van der Waals surface area contributed by atoms with Crippen LogP contribution in [0.3, 0.4) is 0 Å². The zero-order valence-electron chi connectivity index (χ0n) is 11.9. The molecule has 1 aromatic carbocycles. The van der Waals surface area contributed by atoms with Gasteiger partial charge in [-0.15, -0.1) is 0 Å². The van der Waals surface area contributed by atoms with E-state index in [-0.39, 0.29) is 16.1 Å². The Labute approximate surface area is 115 Å². The van der Waals surface area contributed by atoms with Crippen LogP contribution in [0.15, 0.2) is 23.1 Å². The van der Waals surface area contributed by atoms with E-state index in [4.69, 9.17) is 5.73 Å². The summed E-state index contributed by atoms with van der Waals surface area (Å²) >= 11 is 0. The highest BCUT2D eigenvalue weighted by atomic mass is 32.2. The molecule has 0 atom stereocenters. The van der Waals surface area contributed by atoms with Crippen molar-refractivity contribution in [3.63, 3.8) is 0 Å². The highest BCUT2D eigenvalue weighted by Crippen LogP contribution is 2.26. The van der Waals surface area contributed by atoms with E-state index < -0.39 is 10.0 Å². The molecule has 0 aliphatic heterocycles. The minimum Gasteiger partial charge on any atom is -0.398 e. The van der Waals surface area contributed by atoms with Gasteiger partial charge >= 0.3 is 0 Å². The van der Waals surface area contributed by atoms with Gasteiger partial charge in [-0.25, -0.2) is 13.1 Å². The highest BCUT2D eigenvalue weighted by Gasteiger charge is 2.20. The Kier molecular flexibility index (Phi) is 4.81. The summed E-state index contributed by atoms with van der Waals surface area (Å²) in [6, 6.07) is 4.92. The fourth-order valence-corrected chi connectivity index (χ4v) is 2.59. The lowest BCUT2D eigenvalue weighted by Crippen LogP contribution is -2.33. The molecule has 5 nitrogen and oxygen atoms in total. The second-order valence-corrected chi connectivity index (χ2v) is 6.71. The van der Waals surface area contributed by atoms with Crippen LogP contribution in [0.2, 0.25) is 0 Å². The molecule has 0 unspecified atom stereocenters. The van der Waals surface area contributed by atoms with E-state index in [0.29, 0.717) is 0 Å². The van der Waals surface area contributed by atoms with Gasteiger partial charge in [-0.05, 0) is 45.0 Å². The summed E-state index contributed by atoms with van der Waals surface area (Å²) in [5.41, 5.74) is 6.88. The molecule has 0 aliphatic carbocycles. The maximum absolute atomic E-state index is 11.7. The van der Waals surface area contributed by atoms with Crippen LogP contribution in [-0.4, -0.2) is 21.0 Å². The van der Waals surface area contributed by atoms with Gasteiger partial charge in [0.2, 0.25) is 10.0 Å². The summed E-state index contributed by atoms with van der Waals surface area (Å²) in [6.07, 6.45) is 1.94. The molecule has 0 aromatic heterocycles. The van der Waals surface area contributed by atoms with E-state index >= 15 is 0 Å². The van der Waals surface area contributed by atoms with Gasteiger partial charge < -0.3 is 11.1 Å². The zero-order chi connectivity index (χ0) is 14.7. The van der Waals surface area contributed by atoms with Crippen LogP contribution in [0.25, 0.3) is 0 Å². The second-order valence-electron chi connectivity index (χ2n) is 4.85. The normalized spacial score (nSPS) is 12.4. The van der Waals surface area contributed by atoms with Crippen LogP contribution in [0, 0.1) is 0 Å². The van der Waals surface area contributed by atoms with Gasteiger partial charge in [0, 0.05) is 11.2 Å². The first-order valence-corrected chi connectivity index (χ1v) is 7.87. The molecule has 0 aliphatic rings. The summed E-state index contributed by atoms with van der Waals surface area (Å²) in [6.45, 7) is 6.35. The van der Waals surface area contributed by atoms with Crippen LogP contribution in [-0.2, 0) is 10.0 Å². The molecule has 6 heteroatoms. The fourth-order valence-electron chi connectivity index (χ4n) is 1.76. The number of nitrogen functional groups attached to an aromatic ring is 1. The van der Waals surface area contributed by atoms with Crippen molar-refractivity contribution in [3.05, 3.63) is 18.2 Å². The quantitative estimate of drug-likeness (QED) is 0.699. The molecule has 4 N–H and O–H groups in total. The Morgan fingerprint density at radius 1 is 1.26 bits per heavy atom. The molecule has 0 bridgehead atoms. The molecule has 1 aromatic rings.